The molecule has 0 unspecified atom stereocenters. The van der Waals surface area contributed by atoms with Gasteiger partial charge in [0, 0.05) is 17.5 Å². The van der Waals surface area contributed by atoms with Crippen LogP contribution in [0.4, 0.5) is 0 Å². The van der Waals surface area contributed by atoms with Crippen LogP contribution in [0.3, 0.4) is 0 Å². The molecule has 3 aromatic carbocycles. The van der Waals surface area contributed by atoms with Crippen molar-refractivity contribution < 1.29 is 9.47 Å². The lowest BCUT2D eigenvalue weighted by molar-refractivity contribution is -0.577. The summed E-state index contributed by atoms with van der Waals surface area (Å²) in [6, 6.07) is 18.2. The average Bonchev–Trinajstić information content (AvgIpc) is 2.53. The van der Waals surface area contributed by atoms with Crippen molar-refractivity contribution in [3.05, 3.63) is 66.0 Å². The predicted octanol–water partition coefficient (Wildman–Crippen LogP) is 3.79. The maximum atomic E-state index is 12.2. The van der Waals surface area contributed by atoms with Crippen molar-refractivity contribution in [2.24, 2.45) is 0 Å². The minimum atomic E-state index is 0.568. The minimum Gasteiger partial charge on any atom is -0.618 e. The molecule has 0 amide bonds. The Morgan fingerprint density at radius 2 is 1.67 bits per heavy atom. The van der Waals surface area contributed by atoms with Crippen LogP contribution < -0.4 is 9.47 Å². The number of pyridine rings is 1. The van der Waals surface area contributed by atoms with Crippen molar-refractivity contribution in [2.45, 2.75) is 0 Å². The molecule has 0 fully saturated rings. The number of benzene rings is 3. The topological polar surface area (TPSA) is 36.2 Å². The Morgan fingerprint density at radius 1 is 0.905 bits per heavy atom. The van der Waals surface area contributed by atoms with Crippen LogP contribution in [-0.2, 0) is 0 Å². The van der Waals surface area contributed by atoms with Crippen molar-refractivity contribution in [1.29, 1.82) is 0 Å². The quantitative estimate of drug-likeness (QED) is 0.301. The molecule has 1 heterocycles. The Bertz CT molecular complexity index is 992. The zero-order valence-corrected chi connectivity index (χ0v) is 11.5. The van der Waals surface area contributed by atoms with Crippen LogP contribution in [0, 0.1) is 5.21 Å². The molecule has 0 aliphatic heterocycles. The van der Waals surface area contributed by atoms with Crippen LogP contribution in [0.25, 0.3) is 32.4 Å². The SMILES string of the molecule is COc1cc2c3c(ccc4ccccc43)ccc2[n+]([O-])c1. The Morgan fingerprint density at radius 3 is 2.52 bits per heavy atom. The van der Waals surface area contributed by atoms with Crippen molar-refractivity contribution in [3.63, 3.8) is 0 Å². The van der Waals surface area contributed by atoms with E-state index in [1.54, 1.807) is 7.11 Å². The highest BCUT2D eigenvalue weighted by molar-refractivity contribution is 6.19. The molecule has 21 heavy (non-hydrogen) atoms. The number of methoxy groups -OCH3 is 1. The zero-order valence-electron chi connectivity index (χ0n) is 11.5. The molecule has 1 aromatic heterocycles. The Kier molecular flexibility index (Phi) is 2.48. The van der Waals surface area contributed by atoms with E-state index in [9.17, 15) is 5.21 Å². The van der Waals surface area contributed by atoms with Gasteiger partial charge in [0.15, 0.2) is 5.75 Å². The Hall–Kier alpha value is -2.81. The van der Waals surface area contributed by atoms with Gasteiger partial charge in [-0.2, -0.15) is 4.73 Å². The largest absolute Gasteiger partial charge is 0.618 e. The lowest BCUT2D eigenvalue weighted by Gasteiger charge is -2.09. The second-order valence-electron chi connectivity index (χ2n) is 5.09. The van der Waals surface area contributed by atoms with Crippen LogP contribution >= 0.6 is 0 Å². The summed E-state index contributed by atoms with van der Waals surface area (Å²) < 4.78 is 6.11. The van der Waals surface area contributed by atoms with E-state index in [1.807, 2.05) is 30.3 Å². The van der Waals surface area contributed by atoms with Crippen LogP contribution in [-0.4, -0.2) is 7.11 Å². The Balaban J connectivity index is 2.31. The number of fused-ring (bicyclic) bond motifs is 5. The molecule has 0 aliphatic rings. The summed E-state index contributed by atoms with van der Waals surface area (Å²) in [5, 5.41) is 17.6. The van der Waals surface area contributed by atoms with E-state index in [0.29, 0.717) is 11.3 Å². The molecule has 0 spiro atoms. The van der Waals surface area contributed by atoms with Crippen LogP contribution in [0.1, 0.15) is 0 Å². The highest BCUT2D eigenvalue weighted by Gasteiger charge is 2.12. The van der Waals surface area contributed by atoms with Crippen molar-refractivity contribution in [2.75, 3.05) is 7.11 Å². The van der Waals surface area contributed by atoms with Crippen molar-refractivity contribution in [1.82, 2.24) is 0 Å². The van der Waals surface area contributed by atoms with Crippen LogP contribution in [0.15, 0.2) is 60.8 Å². The van der Waals surface area contributed by atoms with Gasteiger partial charge in [-0.15, -0.1) is 0 Å². The molecule has 0 saturated heterocycles. The summed E-state index contributed by atoms with van der Waals surface area (Å²) in [5.41, 5.74) is 0.652. The van der Waals surface area contributed by atoms with E-state index < -0.39 is 0 Å². The lowest BCUT2D eigenvalue weighted by atomic mass is 9.98. The Labute approximate surface area is 121 Å². The minimum absolute atomic E-state index is 0.568. The van der Waals surface area contributed by atoms with Gasteiger partial charge in [0.2, 0.25) is 11.7 Å². The number of rotatable bonds is 1. The molecule has 0 radical (unpaired) electrons. The monoisotopic (exact) mass is 275 g/mol. The van der Waals surface area contributed by atoms with Gasteiger partial charge in [0.25, 0.3) is 0 Å². The summed E-state index contributed by atoms with van der Waals surface area (Å²) in [6.45, 7) is 0. The summed E-state index contributed by atoms with van der Waals surface area (Å²) in [4.78, 5) is 0. The summed E-state index contributed by atoms with van der Waals surface area (Å²) in [6.07, 6.45) is 1.46. The second-order valence-corrected chi connectivity index (χ2v) is 5.09. The maximum Gasteiger partial charge on any atom is 0.224 e. The smallest absolute Gasteiger partial charge is 0.224 e. The van der Waals surface area contributed by atoms with Gasteiger partial charge >= 0.3 is 0 Å². The van der Waals surface area contributed by atoms with Gasteiger partial charge in [-0.3, -0.25) is 0 Å². The molecule has 0 aliphatic carbocycles. The van der Waals surface area contributed by atoms with Gasteiger partial charge in [-0.25, -0.2) is 0 Å². The molecule has 102 valence electrons. The normalized spacial score (nSPS) is 11.3. The highest BCUT2D eigenvalue weighted by Crippen LogP contribution is 2.32. The third kappa shape index (κ3) is 1.71. The number of hydrogen-bond acceptors (Lipinski definition) is 2. The summed E-state index contributed by atoms with van der Waals surface area (Å²) in [5.74, 6) is 0.568. The third-order valence-corrected chi connectivity index (χ3v) is 3.93. The van der Waals surface area contributed by atoms with Gasteiger partial charge in [0.1, 0.15) is 0 Å². The molecule has 3 heteroatoms. The lowest BCUT2D eigenvalue weighted by Crippen LogP contribution is -2.26. The standard InChI is InChI=1S/C18H13NO2/c1-21-14-10-16-17(19(20)11-14)9-8-13-7-6-12-4-2-3-5-15(12)18(13)16/h2-11H,1H3. The number of nitrogens with zero attached hydrogens (tertiary/aromatic N) is 1. The highest BCUT2D eigenvalue weighted by atomic mass is 16.5. The maximum absolute atomic E-state index is 12.2. The first-order chi connectivity index (χ1) is 10.3. The third-order valence-electron chi connectivity index (χ3n) is 3.93. The first-order valence-corrected chi connectivity index (χ1v) is 6.79. The fourth-order valence-electron chi connectivity index (χ4n) is 2.93. The fraction of sp³-hybridized carbons (Fsp3) is 0.0556. The van der Waals surface area contributed by atoms with Crippen LogP contribution in [0.2, 0.25) is 0 Å². The first kappa shape index (κ1) is 12.0. The number of aromatic nitrogens is 1. The summed E-state index contributed by atoms with van der Waals surface area (Å²) in [7, 11) is 1.57. The summed E-state index contributed by atoms with van der Waals surface area (Å²) >= 11 is 0. The van der Waals surface area contributed by atoms with Crippen molar-refractivity contribution in [3.8, 4) is 5.75 Å². The molecular formula is C18H13NO2. The number of ether oxygens (including phenoxy) is 1. The molecule has 4 rings (SSSR count). The van der Waals surface area contributed by atoms with Gasteiger partial charge < -0.3 is 9.94 Å². The van der Waals surface area contributed by atoms with Gasteiger partial charge in [-0.1, -0.05) is 36.4 Å². The van der Waals surface area contributed by atoms with E-state index in [0.717, 1.165) is 31.7 Å². The number of hydrogen-bond donors (Lipinski definition) is 0. The second kappa shape index (κ2) is 4.35. The van der Waals surface area contributed by atoms with E-state index in [4.69, 9.17) is 4.74 Å². The van der Waals surface area contributed by atoms with Crippen molar-refractivity contribution >= 4 is 32.4 Å². The molecule has 0 saturated carbocycles. The molecular weight excluding hydrogens is 262 g/mol. The molecule has 0 atom stereocenters. The predicted molar refractivity (Wildman–Crippen MR) is 84.5 cm³/mol. The van der Waals surface area contributed by atoms with Gasteiger partial charge in [0.05, 0.1) is 12.5 Å². The fourth-order valence-corrected chi connectivity index (χ4v) is 2.93. The zero-order chi connectivity index (χ0) is 14.4. The van der Waals surface area contributed by atoms with Gasteiger partial charge in [-0.05, 0) is 22.2 Å². The van der Waals surface area contributed by atoms with E-state index in [2.05, 4.69) is 24.3 Å². The van der Waals surface area contributed by atoms with E-state index >= 15 is 0 Å². The first-order valence-electron chi connectivity index (χ1n) is 6.79. The molecule has 4 aromatic rings. The van der Waals surface area contributed by atoms with Crippen LogP contribution in [0.5, 0.6) is 5.75 Å². The molecule has 3 nitrogen and oxygen atoms in total. The average molecular weight is 275 g/mol. The van der Waals surface area contributed by atoms with E-state index in [1.165, 1.54) is 6.20 Å². The molecule has 0 bridgehead atoms. The van der Waals surface area contributed by atoms with E-state index in [-0.39, 0.29) is 0 Å². The molecule has 0 N–H and O–H groups in total.